The molecule has 2 heterocycles. The second-order valence-electron chi connectivity index (χ2n) is 4.32. The molecule has 2 aromatic rings. The Balaban J connectivity index is 2.07. The van der Waals surface area contributed by atoms with Gasteiger partial charge in [-0.2, -0.15) is 15.0 Å². The van der Waals surface area contributed by atoms with Crippen LogP contribution in [0.5, 0.6) is 6.01 Å². The van der Waals surface area contributed by atoms with Crippen LogP contribution in [0, 0.1) is 6.92 Å². The Morgan fingerprint density at radius 1 is 1.14 bits per heavy atom. The molecule has 0 amide bonds. The van der Waals surface area contributed by atoms with Gasteiger partial charge in [0.05, 0.1) is 18.2 Å². The summed E-state index contributed by atoms with van der Waals surface area (Å²) in [7, 11) is 0. The van der Waals surface area contributed by atoms with Gasteiger partial charge in [0.2, 0.25) is 11.9 Å². The van der Waals surface area contributed by atoms with Crippen LogP contribution in [0.2, 0.25) is 0 Å². The lowest BCUT2D eigenvalue weighted by Gasteiger charge is -2.09. The predicted molar refractivity (Wildman–Crippen MR) is 84.0 cm³/mol. The number of anilines is 2. The van der Waals surface area contributed by atoms with Crippen LogP contribution in [0.1, 0.15) is 30.2 Å². The van der Waals surface area contributed by atoms with Gasteiger partial charge >= 0.3 is 6.01 Å². The van der Waals surface area contributed by atoms with Gasteiger partial charge in [-0.05, 0) is 20.3 Å². The SMILES string of the molecule is CCCNc1nc(NCc2cnc(C)s2)nc(OCC)n1. The van der Waals surface area contributed by atoms with E-state index in [1.165, 1.54) is 0 Å². The van der Waals surface area contributed by atoms with Crippen LogP contribution >= 0.6 is 11.3 Å². The van der Waals surface area contributed by atoms with Crippen LogP contribution in [0.4, 0.5) is 11.9 Å². The maximum absolute atomic E-state index is 5.37. The van der Waals surface area contributed by atoms with Gasteiger partial charge in [0.15, 0.2) is 0 Å². The number of hydrogen-bond acceptors (Lipinski definition) is 8. The molecule has 8 heteroatoms. The smallest absolute Gasteiger partial charge is 0.323 e. The summed E-state index contributed by atoms with van der Waals surface area (Å²) >= 11 is 1.65. The molecule has 0 aliphatic heterocycles. The monoisotopic (exact) mass is 308 g/mol. The molecule has 0 atom stereocenters. The maximum atomic E-state index is 5.37. The Kier molecular flexibility index (Phi) is 5.68. The molecule has 0 fully saturated rings. The fraction of sp³-hybridized carbons (Fsp3) is 0.538. The van der Waals surface area contributed by atoms with Crippen molar-refractivity contribution in [3.8, 4) is 6.01 Å². The summed E-state index contributed by atoms with van der Waals surface area (Å²) in [5.41, 5.74) is 0. The minimum atomic E-state index is 0.328. The van der Waals surface area contributed by atoms with E-state index in [-0.39, 0.29) is 0 Å². The lowest BCUT2D eigenvalue weighted by atomic mass is 10.5. The summed E-state index contributed by atoms with van der Waals surface area (Å²) in [6.07, 6.45) is 2.85. The fourth-order valence-corrected chi connectivity index (χ4v) is 2.33. The topological polar surface area (TPSA) is 84.9 Å². The van der Waals surface area contributed by atoms with Gasteiger partial charge in [-0.25, -0.2) is 4.98 Å². The molecule has 0 saturated heterocycles. The number of nitrogens with zero attached hydrogens (tertiary/aromatic N) is 4. The van der Waals surface area contributed by atoms with Crippen molar-refractivity contribution < 1.29 is 4.74 Å². The highest BCUT2D eigenvalue weighted by molar-refractivity contribution is 7.11. The zero-order chi connectivity index (χ0) is 15.1. The van der Waals surface area contributed by atoms with Gasteiger partial charge in [-0.1, -0.05) is 6.92 Å². The van der Waals surface area contributed by atoms with Crippen molar-refractivity contribution in [3.05, 3.63) is 16.1 Å². The predicted octanol–water partition coefficient (Wildman–Crippen LogP) is 2.47. The van der Waals surface area contributed by atoms with Crippen molar-refractivity contribution in [2.45, 2.75) is 33.7 Å². The van der Waals surface area contributed by atoms with E-state index in [2.05, 4.69) is 37.5 Å². The summed E-state index contributed by atoms with van der Waals surface area (Å²) in [4.78, 5) is 18.1. The Bertz CT molecular complexity index is 574. The summed E-state index contributed by atoms with van der Waals surface area (Å²) in [5, 5.41) is 7.37. The molecule has 0 aromatic carbocycles. The molecule has 0 radical (unpaired) electrons. The van der Waals surface area contributed by atoms with Gasteiger partial charge in [0.1, 0.15) is 0 Å². The van der Waals surface area contributed by atoms with E-state index in [4.69, 9.17) is 4.74 Å². The average molecular weight is 308 g/mol. The van der Waals surface area contributed by atoms with Crippen LogP contribution < -0.4 is 15.4 Å². The molecular formula is C13H20N6OS. The van der Waals surface area contributed by atoms with Gasteiger partial charge < -0.3 is 15.4 Å². The van der Waals surface area contributed by atoms with Gasteiger partial charge in [0.25, 0.3) is 0 Å². The minimum Gasteiger partial charge on any atom is -0.464 e. The van der Waals surface area contributed by atoms with E-state index < -0.39 is 0 Å². The molecule has 0 saturated carbocycles. The number of thiazole rings is 1. The molecule has 0 aliphatic carbocycles. The third-order valence-electron chi connectivity index (χ3n) is 2.51. The first-order valence-corrected chi connectivity index (χ1v) is 7.80. The highest BCUT2D eigenvalue weighted by Gasteiger charge is 2.07. The van der Waals surface area contributed by atoms with Crippen molar-refractivity contribution in [2.24, 2.45) is 0 Å². The Hall–Kier alpha value is -1.96. The van der Waals surface area contributed by atoms with E-state index in [9.17, 15) is 0 Å². The number of hydrogen-bond donors (Lipinski definition) is 2. The zero-order valence-corrected chi connectivity index (χ0v) is 13.3. The average Bonchev–Trinajstić information content (AvgIpc) is 2.89. The number of nitrogens with one attached hydrogen (secondary N) is 2. The second-order valence-corrected chi connectivity index (χ2v) is 5.64. The molecule has 0 unspecified atom stereocenters. The largest absolute Gasteiger partial charge is 0.464 e. The lowest BCUT2D eigenvalue weighted by Crippen LogP contribution is -2.11. The molecule has 114 valence electrons. The molecule has 0 spiro atoms. The van der Waals surface area contributed by atoms with Gasteiger partial charge in [0, 0.05) is 17.6 Å². The van der Waals surface area contributed by atoms with Gasteiger partial charge in [-0.15, -0.1) is 11.3 Å². The summed E-state index contributed by atoms with van der Waals surface area (Å²) in [6, 6.07) is 0.328. The Morgan fingerprint density at radius 3 is 2.52 bits per heavy atom. The molecule has 0 bridgehead atoms. The molecular weight excluding hydrogens is 288 g/mol. The molecule has 0 aliphatic rings. The second kappa shape index (κ2) is 7.72. The van der Waals surface area contributed by atoms with Crippen molar-refractivity contribution in [1.29, 1.82) is 0 Å². The standard InChI is InChI=1S/C13H20N6OS/c1-4-6-14-11-17-12(19-13(18-11)20-5-2)16-8-10-7-15-9(3)21-10/h7H,4-6,8H2,1-3H3,(H2,14,16,17,18,19). The number of aryl methyl sites for hydroxylation is 1. The molecule has 21 heavy (non-hydrogen) atoms. The first-order chi connectivity index (χ1) is 10.2. The highest BCUT2D eigenvalue weighted by Crippen LogP contribution is 2.15. The van der Waals surface area contributed by atoms with Crippen LogP contribution in [-0.2, 0) is 6.54 Å². The zero-order valence-electron chi connectivity index (χ0n) is 12.5. The number of aromatic nitrogens is 4. The molecule has 2 N–H and O–H groups in total. The van der Waals surface area contributed by atoms with Crippen molar-refractivity contribution in [1.82, 2.24) is 19.9 Å². The van der Waals surface area contributed by atoms with Crippen LogP contribution in [0.3, 0.4) is 0 Å². The van der Waals surface area contributed by atoms with E-state index in [0.717, 1.165) is 22.9 Å². The maximum Gasteiger partial charge on any atom is 0.323 e. The molecule has 2 aromatic heterocycles. The number of rotatable bonds is 8. The lowest BCUT2D eigenvalue weighted by molar-refractivity contribution is 0.312. The fourth-order valence-electron chi connectivity index (χ4n) is 1.60. The quantitative estimate of drug-likeness (QED) is 0.775. The van der Waals surface area contributed by atoms with Gasteiger partial charge in [-0.3, -0.25) is 0 Å². The Labute approximate surface area is 128 Å². The first kappa shape index (κ1) is 15.4. The minimum absolute atomic E-state index is 0.328. The summed E-state index contributed by atoms with van der Waals surface area (Å²) in [6.45, 7) is 7.93. The summed E-state index contributed by atoms with van der Waals surface area (Å²) < 4.78 is 5.37. The van der Waals surface area contributed by atoms with Crippen molar-refractivity contribution in [3.63, 3.8) is 0 Å². The summed E-state index contributed by atoms with van der Waals surface area (Å²) in [5.74, 6) is 1.02. The van der Waals surface area contributed by atoms with Crippen molar-refractivity contribution >= 4 is 23.2 Å². The van der Waals surface area contributed by atoms with E-state index in [1.807, 2.05) is 20.0 Å². The van der Waals surface area contributed by atoms with Crippen molar-refractivity contribution in [2.75, 3.05) is 23.8 Å². The number of ether oxygens (including phenoxy) is 1. The third kappa shape index (κ3) is 4.82. The van der Waals surface area contributed by atoms with E-state index in [1.54, 1.807) is 11.3 Å². The van der Waals surface area contributed by atoms with E-state index >= 15 is 0 Å². The Morgan fingerprint density at radius 2 is 1.90 bits per heavy atom. The first-order valence-electron chi connectivity index (χ1n) is 6.99. The van der Waals surface area contributed by atoms with Crippen LogP contribution in [0.25, 0.3) is 0 Å². The molecule has 2 rings (SSSR count). The third-order valence-corrected chi connectivity index (χ3v) is 3.42. The normalized spacial score (nSPS) is 10.4. The van der Waals surface area contributed by atoms with Crippen LogP contribution in [-0.4, -0.2) is 33.1 Å². The van der Waals surface area contributed by atoms with Crippen LogP contribution in [0.15, 0.2) is 6.20 Å². The van der Waals surface area contributed by atoms with E-state index in [0.29, 0.717) is 31.1 Å². The molecule has 7 nitrogen and oxygen atoms in total. The highest BCUT2D eigenvalue weighted by atomic mass is 32.1.